The van der Waals surface area contributed by atoms with E-state index in [2.05, 4.69) is 91.3 Å². The van der Waals surface area contributed by atoms with Crippen molar-refractivity contribution in [1.82, 2.24) is 9.97 Å². The number of H-pyrrole nitrogens is 1. The fourth-order valence-corrected chi connectivity index (χ4v) is 3.74. The second-order valence-corrected chi connectivity index (χ2v) is 8.23. The molecule has 0 unspecified atom stereocenters. The third-order valence-electron chi connectivity index (χ3n) is 5.65. The van der Waals surface area contributed by atoms with Gasteiger partial charge >= 0.3 is 0 Å². The number of benzene rings is 4. The summed E-state index contributed by atoms with van der Waals surface area (Å²) in [7, 11) is 0. The molecule has 0 atom stereocenters. The van der Waals surface area contributed by atoms with Crippen LogP contribution >= 0.6 is 0 Å². The Balaban J connectivity index is 1.52. The van der Waals surface area contributed by atoms with Crippen molar-refractivity contribution in [3.63, 3.8) is 0 Å². The van der Waals surface area contributed by atoms with E-state index >= 15 is 0 Å². The van der Waals surface area contributed by atoms with Crippen LogP contribution in [0.25, 0.3) is 33.9 Å². The van der Waals surface area contributed by atoms with Crippen LogP contribution < -0.4 is 0 Å². The second kappa shape index (κ2) is 9.02. The lowest BCUT2D eigenvalue weighted by atomic mass is 10.0. The fourth-order valence-electron chi connectivity index (χ4n) is 3.74. The summed E-state index contributed by atoms with van der Waals surface area (Å²) in [6, 6.07) is 35.4. The maximum atomic E-state index is 5.01. The van der Waals surface area contributed by atoms with Crippen LogP contribution in [0.1, 0.15) is 22.3 Å². The fraction of sp³-hybridized carbons (Fsp3) is 0.0645. The molecule has 33 heavy (non-hydrogen) atoms. The molecular weight excluding hydrogens is 400 g/mol. The summed E-state index contributed by atoms with van der Waals surface area (Å²) in [5.41, 5.74) is 9.71. The van der Waals surface area contributed by atoms with Gasteiger partial charge in [-0.1, -0.05) is 102 Å². The van der Waals surface area contributed by atoms with E-state index in [0.717, 1.165) is 45.0 Å². The molecule has 0 spiro atoms. The minimum absolute atomic E-state index is 0.851. The van der Waals surface area contributed by atoms with Gasteiger partial charge in [0.15, 0.2) is 0 Å². The lowest BCUT2D eigenvalue weighted by molar-refractivity contribution is 1.31. The largest absolute Gasteiger partial charge is 0.337 e. The van der Waals surface area contributed by atoms with Crippen LogP contribution in [0, 0.1) is 25.7 Å². The van der Waals surface area contributed by atoms with Crippen LogP contribution in [0.5, 0.6) is 0 Å². The molecular formula is C31H24N2. The Bertz CT molecular complexity index is 1370. The van der Waals surface area contributed by atoms with E-state index in [4.69, 9.17) is 4.98 Å². The van der Waals surface area contributed by atoms with Gasteiger partial charge < -0.3 is 4.98 Å². The van der Waals surface area contributed by atoms with Gasteiger partial charge in [0.05, 0.1) is 11.4 Å². The topological polar surface area (TPSA) is 28.7 Å². The highest BCUT2D eigenvalue weighted by atomic mass is 14.9. The second-order valence-electron chi connectivity index (χ2n) is 8.23. The molecule has 0 bridgehead atoms. The molecule has 2 heteroatoms. The first-order valence-electron chi connectivity index (χ1n) is 11.1. The summed E-state index contributed by atoms with van der Waals surface area (Å²) in [5.74, 6) is 7.30. The maximum absolute atomic E-state index is 5.01. The molecule has 5 rings (SSSR count). The van der Waals surface area contributed by atoms with Gasteiger partial charge in [0.1, 0.15) is 5.82 Å². The van der Waals surface area contributed by atoms with Crippen LogP contribution in [0.4, 0.5) is 0 Å². The smallest absolute Gasteiger partial charge is 0.138 e. The highest BCUT2D eigenvalue weighted by molar-refractivity contribution is 5.81. The highest BCUT2D eigenvalue weighted by Crippen LogP contribution is 2.33. The van der Waals surface area contributed by atoms with Gasteiger partial charge in [-0.05, 0) is 38.1 Å². The molecule has 0 aliphatic carbocycles. The number of aromatic amines is 1. The number of imidazole rings is 1. The summed E-state index contributed by atoms with van der Waals surface area (Å²) in [6.07, 6.45) is 0. The minimum atomic E-state index is 0.851. The van der Waals surface area contributed by atoms with E-state index in [1.165, 1.54) is 11.1 Å². The summed E-state index contributed by atoms with van der Waals surface area (Å²) in [5, 5.41) is 0. The van der Waals surface area contributed by atoms with Gasteiger partial charge in [-0.15, -0.1) is 0 Å². The summed E-state index contributed by atoms with van der Waals surface area (Å²) in [4.78, 5) is 8.59. The molecule has 0 saturated carbocycles. The van der Waals surface area contributed by atoms with E-state index in [-0.39, 0.29) is 0 Å². The third-order valence-corrected chi connectivity index (χ3v) is 5.65. The summed E-state index contributed by atoms with van der Waals surface area (Å²) in [6.45, 7) is 4.20. The van der Waals surface area contributed by atoms with Crippen LogP contribution in [0.2, 0.25) is 0 Å². The van der Waals surface area contributed by atoms with Crippen molar-refractivity contribution < 1.29 is 0 Å². The lowest BCUT2D eigenvalue weighted by Crippen LogP contribution is -1.84. The standard InChI is InChI=1S/C31H24N2/c1-22-8-16-26(17-9-22)29-30(27-18-10-23(2)11-19-27)33-31(32-29)28-20-14-25(15-21-28)13-12-24-6-4-3-5-7-24/h3-11,14-21H,1-2H3,(H,32,33). The molecule has 5 aromatic rings. The predicted molar refractivity (Wildman–Crippen MR) is 137 cm³/mol. The number of nitrogens with zero attached hydrogens (tertiary/aromatic N) is 1. The van der Waals surface area contributed by atoms with Crippen molar-refractivity contribution in [1.29, 1.82) is 0 Å². The molecule has 0 fully saturated rings. The molecule has 1 N–H and O–H groups in total. The van der Waals surface area contributed by atoms with Crippen LogP contribution in [0.15, 0.2) is 103 Å². The zero-order chi connectivity index (χ0) is 22.6. The first-order valence-corrected chi connectivity index (χ1v) is 11.1. The van der Waals surface area contributed by atoms with Crippen LogP contribution in [0.3, 0.4) is 0 Å². The quantitative estimate of drug-likeness (QED) is 0.300. The molecule has 0 aliphatic rings. The lowest BCUT2D eigenvalue weighted by Gasteiger charge is -2.04. The van der Waals surface area contributed by atoms with Gasteiger partial charge in [-0.25, -0.2) is 4.98 Å². The zero-order valence-electron chi connectivity index (χ0n) is 18.8. The van der Waals surface area contributed by atoms with Crippen molar-refractivity contribution in [2.45, 2.75) is 13.8 Å². The SMILES string of the molecule is Cc1ccc(-c2nc(-c3ccc(C#Cc4ccccc4)cc3)[nH]c2-c2ccc(C)cc2)cc1. The van der Waals surface area contributed by atoms with E-state index in [1.54, 1.807) is 0 Å². The Morgan fingerprint density at radius 1 is 0.545 bits per heavy atom. The molecule has 1 heterocycles. The zero-order valence-corrected chi connectivity index (χ0v) is 18.8. The predicted octanol–water partition coefficient (Wildman–Crippen LogP) is 7.43. The number of rotatable bonds is 3. The van der Waals surface area contributed by atoms with Crippen molar-refractivity contribution >= 4 is 0 Å². The van der Waals surface area contributed by atoms with Gasteiger partial charge in [-0.3, -0.25) is 0 Å². The molecule has 4 aromatic carbocycles. The van der Waals surface area contributed by atoms with E-state index in [1.807, 2.05) is 42.5 Å². The number of hydrogen-bond acceptors (Lipinski definition) is 1. The molecule has 0 aliphatic heterocycles. The van der Waals surface area contributed by atoms with Crippen molar-refractivity contribution in [3.8, 4) is 45.7 Å². The van der Waals surface area contributed by atoms with Crippen molar-refractivity contribution in [2.75, 3.05) is 0 Å². The number of nitrogens with one attached hydrogen (secondary N) is 1. The monoisotopic (exact) mass is 424 g/mol. The molecule has 1 aromatic heterocycles. The Kier molecular flexibility index (Phi) is 5.62. The van der Waals surface area contributed by atoms with E-state index < -0.39 is 0 Å². The molecule has 0 radical (unpaired) electrons. The molecule has 0 saturated heterocycles. The summed E-state index contributed by atoms with van der Waals surface area (Å²) < 4.78 is 0. The van der Waals surface area contributed by atoms with Gasteiger partial charge in [0, 0.05) is 27.8 Å². The Labute approximate surface area is 195 Å². The molecule has 2 nitrogen and oxygen atoms in total. The Morgan fingerprint density at radius 3 is 1.67 bits per heavy atom. The average molecular weight is 425 g/mol. The number of aromatic nitrogens is 2. The maximum Gasteiger partial charge on any atom is 0.138 e. The Morgan fingerprint density at radius 2 is 1.06 bits per heavy atom. The number of hydrogen-bond donors (Lipinski definition) is 1. The van der Waals surface area contributed by atoms with Gasteiger partial charge in [-0.2, -0.15) is 0 Å². The summed E-state index contributed by atoms with van der Waals surface area (Å²) >= 11 is 0. The minimum Gasteiger partial charge on any atom is -0.337 e. The highest BCUT2D eigenvalue weighted by Gasteiger charge is 2.15. The van der Waals surface area contributed by atoms with Gasteiger partial charge in [0.25, 0.3) is 0 Å². The first kappa shape index (κ1) is 20.5. The third kappa shape index (κ3) is 4.63. The van der Waals surface area contributed by atoms with E-state index in [9.17, 15) is 0 Å². The van der Waals surface area contributed by atoms with Crippen LogP contribution in [-0.2, 0) is 0 Å². The van der Waals surface area contributed by atoms with Crippen molar-refractivity contribution in [3.05, 3.63) is 125 Å². The first-order chi connectivity index (χ1) is 16.2. The molecule has 0 amide bonds. The molecule has 158 valence electrons. The van der Waals surface area contributed by atoms with Gasteiger partial charge in [0.2, 0.25) is 0 Å². The van der Waals surface area contributed by atoms with E-state index in [0.29, 0.717) is 0 Å². The van der Waals surface area contributed by atoms with Crippen LogP contribution in [-0.4, -0.2) is 9.97 Å². The normalized spacial score (nSPS) is 10.5. The Hall–Kier alpha value is -4.35. The number of aryl methyl sites for hydroxylation is 2. The van der Waals surface area contributed by atoms with Crippen molar-refractivity contribution in [2.24, 2.45) is 0 Å². The average Bonchev–Trinajstić information content (AvgIpc) is 3.30.